The van der Waals surface area contributed by atoms with Gasteiger partial charge >= 0.3 is 0 Å². The van der Waals surface area contributed by atoms with Crippen LogP contribution < -0.4 is 4.74 Å². The van der Waals surface area contributed by atoms with Gasteiger partial charge in [0.25, 0.3) is 6.47 Å². The lowest BCUT2D eigenvalue weighted by Crippen LogP contribution is -2.33. The fourth-order valence-corrected chi connectivity index (χ4v) is 6.63. The molecule has 0 bridgehead atoms. The number of unbranched alkanes of at least 4 members (excludes halogenated alkanes) is 2. The van der Waals surface area contributed by atoms with Crippen LogP contribution in [0.2, 0.25) is 0 Å². The lowest BCUT2D eigenvalue weighted by molar-refractivity contribution is -0.128. The van der Waals surface area contributed by atoms with Crippen molar-refractivity contribution in [1.29, 1.82) is 0 Å². The molecule has 5 nitrogen and oxygen atoms in total. The molecule has 4 rings (SSSR count). The summed E-state index contributed by atoms with van der Waals surface area (Å²) < 4.78 is 11.0. The molecule has 3 aromatic carbocycles. The zero-order chi connectivity index (χ0) is 32.1. The van der Waals surface area contributed by atoms with Gasteiger partial charge in [0.1, 0.15) is 5.75 Å². The molecule has 0 heterocycles. The normalized spacial score (nSPS) is 16.8. The summed E-state index contributed by atoms with van der Waals surface area (Å²) in [4.78, 5) is 10.6. The smallest absolute Gasteiger partial charge is 0.293 e. The van der Waals surface area contributed by atoms with Crippen LogP contribution >= 0.6 is 0 Å². The Morgan fingerprint density at radius 3 is 2.18 bits per heavy atom. The van der Waals surface area contributed by atoms with Crippen molar-refractivity contribution in [2.45, 2.75) is 97.3 Å². The summed E-state index contributed by atoms with van der Waals surface area (Å²) in [5.41, 5.74) is 7.86. The summed E-state index contributed by atoms with van der Waals surface area (Å²) in [5, 5.41) is 19.4. The Hall–Kier alpha value is -3.15. The van der Waals surface area contributed by atoms with Gasteiger partial charge < -0.3 is 19.7 Å². The second-order valence-corrected chi connectivity index (χ2v) is 13.4. The molecular formula is C40H54O5. The number of benzene rings is 3. The molecule has 0 aromatic heterocycles. The predicted octanol–water partition coefficient (Wildman–Crippen LogP) is 8.91. The Morgan fingerprint density at radius 2 is 1.51 bits per heavy atom. The number of hydrogen-bond donors (Lipinski definition) is 2. The van der Waals surface area contributed by atoms with Crippen LogP contribution in [0.3, 0.4) is 0 Å². The summed E-state index contributed by atoms with van der Waals surface area (Å²) >= 11 is 0. The van der Waals surface area contributed by atoms with Gasteiger partial charge in [0.15, 0.2) is 0 Å². The molecule has 0 radical (unpaired) electrons. The molecule has 1 aliphatic carbocycles. The molecule has 0 spiro atoms. The molecule has 1 saturated carbocycles. The van der Waals surface area contributed by atoms with Gasteiger partial charge in [-0.05, 0) is 108 Å². The average Bonchev–Trinajstić information content (AvgIpc) is 3.09. The van der Waals surface area contributed by atoms with Crippen LogP contribution in [0.25, 0.3) is 22.3 Å². The Morgan fingerprint density at radius 1 is 0.822 bits per heavy atom. The first-order chi connectivity index (χ1) is 21.9. The van der Waals surface area contributed by atoms with Crippen LogP contribution in [0.15, 0.2) is 60.7 Å². The van der Waals surface area contributed by atoms with Gasteiger partial charge in [0.2, 0.25) is 0 Å². The highest BCUT2D eigenvalue weighted by atomic mass is 16.5. The zero-order valence-electron chi connectivity index (χ0n) is 27.7. The topological polar surface area (TPSA) is 76.0 Å². The fraction of sp³-hybridized carbons (Fsp3) is 0.525. The predicted molar refractivity (Wildman–Crippen MR) is 184 cm³/mol. The van der Waals surface area contributed by atoms with E-state index in [2.05, 4.69) is 68.4 Å². The quantitative estimate of drug-likeness (QED) is 0.111. The van der Waals surface area contributed by atoms with E-state index in [1.807, 2.05) is 6.07 Å². The van der Waals surface area contributed by atoms with Gasteiger partial charge in [-0.2, -0.15) is 0 Å². The van der Waals surface area contributed by atoms with Gasteiger partial charge in [-0.25, -0.2) is 0 Å². The van der Waals surface area contributed by atoms with Gasteiger partial charge in [0, 0.05) is 5.41 Å². The summed E-state index contributed by atoms with van der Waals surface area (Å²) in [6, 6.07) is 22.3. The molecule has 45 heavy (non-hydrogen) atoms. The Kier molecular flexibility index (Phi) is 13.5. The molecule has 2 N–H and O–H groups in total. The SMILES string of the molecule is CCCCCC1CCC(c2ccc(-c3ccc(-c4ccc(OCC(C)(CO)CO)c(CCCOC=O)c4)c(CC)c3)cc2)CC1. The minimum absolute atomic E-state index is 0.167. The number of rotatable bonds is 18. The molecule has 1 aliphatic rings. The molecule has 3 aromatic rings. The number of ether oxygens (including phenoxy) is 2. The fourth-order valence-electron chi connectivity index (χ4n) is 6.63. The number of aryl methyl sites for hydroxylation is 2. The van der Waals surface area contributed by atoms with Gasteiger partial charge in [-0.1, -0.05) is 95.0 Å². The molecule has 0 unspecified atom stereocenters. The first-order valence-corrected chi connectivity index (χ1v) is 17.2. The van der Waals surface area contributed by atoms with Crippen molar-refractivity contribution >= 4 is 6.47 Å². The highest BCUT2D eigenvalue weighted by Gasteiger charge is 2.25. The largest absolute Gasteiger partial charge is 0.493 e. The van der Waals surface area contributed by atoms with E-state index in [1.54, 1.807) is 6.92 Å². The minimum atomic E-state index is -0.729. The molecular weight excluding hydrogens is 560 g/mol. The number of carbonyl (C=O) groups is 1. The van der Waals surface area contributed by atoms with Crippen LogP contribution in [0, 0.1) is 11.3 Å². The summed E-state index contributed by atoms with van der Waals surface area (Å²) in [5.74, 6) is 2.35. The van der Waals surface area contributed by atoms with E-state index in [0.717, 1.165) is 29.2 Å². The van der Waals surface area contributed by atoms with Gasteiger partial charge in [-0.15, -0.1) is 0 Å². The maximum Gasteiger partial charge on any atom is 0.293 e. The van der Waals surface area contributed by atoms with E-state index < -0.39 is 5.41 Å². The van der Waals surface area contributed by atoms with E-state index in [4.69, 9.17) is 9.47 Å². The maximum atomic E-state index is 10.6. The number of aliphatic hydroxyl groups excluding tert-OH is 2. The Labute approximate surface area is 271 Å². The molecule has 5 heteroatoms. The molecule has 244 valence electrons. The number of hydrogen-bond acceptors (Lipinski definition) is 5. The maximum absolute atomic E-state index is 10.6. The number of carbonyl (C=O) groups excluding carboxylic acids is 1. The number of aliphatic hydroxyl groups is 2. The minimum Gasteiger partial charge on any atom is -0.493 e. The van der Waals surface area contributed by atoms with Crippen molar-refractivity contribution in [3.8, 4) is 28.0 Å². The summed E-state index contributed by atoms with van der Waals surface area (Å²) in [7, 11) is 0. The van der Waals surface area contributed by atoms with Crippen LogP contribution in [-0.2, 0) is 22.4 Å². The summed E-state index contributed by atoms with van der Waals surface area (Å²) in [6.07, 6.45) is 13.2. The second kappa shape index (κ2) is 17.5. The average molecular weight is 615 g/mol. The standard InChI is InChI=1S/C40H54O5/c1-4-6-7-9-30-11-13-32(14-12-30)33-15-17-34(18-16-33)35-19-21-38(31(5-2)24-35)36-20-22-39(45-28-40(3,26-41)27-42)37(25-36)10-8-23-44-29-43/h15-22,24-25,29-30,32,41-42H,4-14,23,26-28H2,1-3H3. The first kappa shape index (κ1) is 34.7. The lowest BCUT2D eigenvalue weighted by Gasteiger charge is -2.29. The zero-order valence-corrected chi connectivity index (χ0v) is 27.7. The van der Waals surface area contributed by atoms with E-state index in [0.29, 0.717) is 31.8 Å². The van der Waals surface area contributed by atoms with E-state index >= 15 is 0 Å². The third-order valence-corrected chi connectivity index (χ3v) is 9.75. The third kappa shape index (κ3) is 9.67. The van der Waals surface area contributed by atoms with Crippen molar-refractivity contribution in [3.63, 3.8) is 0 Å². The van der Waals surface area contributed by atoms with Crippen LogP contribution in [-0.4, -0.2) is 43.1 Å². The third-order valence-electron chi connectivity index (χ3n) is 9.75. The molecule has 0 aliphatic heterocycles. The van der Waals surface area contributed by atoms with Crippen molar-refractivity contribution in [2.24, 2.45) is 11.3 Å². The first-order valence-electron chi connectivity index (χ1n) is 17.2. The highest BCUT2D eigenvalue weighted by Crippen LogP contribution is 2.39. The molecule has 1 fully saturated rings. The Balaban J connectivity index is 1.49. The van der Waals surface area contributed by atoms with Crippen molar-refractivity contribution in [1.82, 2.24) is 0 Å². The second-order valence-electron chi connectivity index (χ2n) is 13.4. The van der Waals surface area contributed by atoms with Crippen LogP contribution in [0.4, 0.5) is 0 Å². The molecule has 0 amide bonds. The molecule has 0 atom stereocenters. The monoisotopic (exact) mass is 614 g/mol. The highest BCUT2D eigenvalue weighted by molar-refractivity contribution is 5.75. The van der Waals surface area contributed by atoms with E-state index in [9.17, 15) is 15.0 Å². The van der Waals surface area contributed by atoms with E-state index in [-0.39, 0.29) is 19.8 Å². The van der Waals surface area contributed by atoms with Gasteiger partial charge in [0.05, 0.1) is 26.4 Å². The lowest BCUT2D eigenvalue weighted by atomic mass is 9.77. The van der Waals surface area contributed by atoms with Crippen LogP contribution in [0.1, 0.15) is 101 Å². The Bertz CT molecular complexity index is 1320. The van der Waals surface area contributed by atoms with E-state index in [1.165, 1.54) is 79.2 Å². The van der Waals surface area contributed by atoms with Crippen molar-refractivity contribution < 1.29 is 24.5 Å². The molecule has 0 saturated heterocycles. The van der Waals surface area contributed by atoms with Crippen molar-refractivity contribution in [2.75, 3.05) is 26.4 Å². The van der Waals surface area contributed by atoms with Crippen LogP contribution in [0.5, 0.6) is 5.75 Å². The van der Waals surface area contributed by atoms with Gasteiger partial charge in [-0.3, -0.25) is 4.79 Å². The summed E-state index contributed by atoms with van der Waals surface area (Å²) in [6.45, 7) is 6.96. The van der Waals surface area contributed by atoms with Crippen molar-refractivity contribution in [3.05, 3.63) is 77.4 Å².